The second-order valence-corrected chi connectivity index (χ2v) is 6.57. The van der Waals surface area contributed by atoms with Gasteiger partial charge in [-0.15, -0.1) is 24.3 Å². The quantitative estimate of drug-likeness (QED) is 0.248. The van der Waals surface area contributed by atoms with Crippen molar-refractivity contribution in [2.24, 2.45) is 0 Å². The second-order valence-electron chi connectivity index (χ2n) is 6.57. The van der Waals surface area contributed by atoms with Crippen LogP contribution in [-0.4, -0.2) is 0 Å². The number of allylic oxidation sites excluding steroid dienone is 2. The number of rotatable bonds is 1. The van der Waals surface area contributed by atoms with Gasteiger partial charge < -0.3 is 0 Å². The first-order valence-electron chi connectivity index (χ1n) is 9.43. The molecule has 0 N–H and O–H groups in total. The van der Waals surface area contributed by atoms with Crippen LogP contribution in [0.5, 0.6) is 0 Å². The summed E-state index contributed by atoms with van der Waals surface area (Å²) in [4.78, 5) is 0. The Labute approximate surface area is 197 Å². The van der Waals surface area contributed by atoms with Crippen LogP contribution < -0.4 is 0 Å². The van der Waals surface area contributed by atoms with Crippen molar-refractivity contribution >= 4 is 0 Å². The van der Waals surface area contributed by atoms with Crippen molar-refractivity contribution < 1.29 is 22.4 Å². The zero-order chi connectivity index (χ0) is 21.5. The molecule has 1 heteroatoms. The Balaban J connectivity index is 0. The topological polar surface area (TPSA) is 0 Å². The first-order chi connectivity index (χ1) is 13.3. The van der Waals surface area contributed by atoms with Gasteiger partial charge in [-0.3, -0.25) is 0 Å². The molecule has 0 nitrogen and oxygen atoms in total. The Kier molecular flexibility index (Phi) is 17.6. The summed E-state index contributed by atoms with van der Waals surface area (Å²) in [5.74, 6) is 7.34. The molecule has 0 unspecified atom stereocenters. The van der Waals surface area contributed by atoms with E-state index in [-0.39, 0.29) is 22.4 Å². The zero-order valence-electron chi connectivity index (χ0n) is 18.7. The summed E-state index contributed by atoms with van der Waals surface area (Å²) in [7, 11) is 0. The Bertz CT molecular complexity index is 544. The maximum Gasteiger partial charge on any atom is 0 e. The van der Waals surface area contributed by atoms with E-state index in [9.17, 15) is 0 Å². The molecule has 0 heterocycles. The van der Waals surface area contributed by atoms with Gasteiger partial charge in [0.2, 0.25) is 0 Å². The summed E-state index contributed by atoms with van der Waals surface area (Å²) >= 11 is 0. The van der Waals surface area contributed by atoms with Crippen LogP contribution in [0.25, 0.3) is 0 Å². The molecule has 1 saturated carbocycles. The van der Waals surface area contributed by atoms with Gasteiger partial charge in [-0.25, -0.2) is 0 Å². The van der Waals surface area contributed by atoms with Crippen LogP contribution in [0.3, 0.4) is 0 Å². The molecule has 0 aromatic heterocycles. The van der Waals surface area contributed by atoms with Gasteiger partial charge in [0.15, 0.2) is 0 Å². The maximum atomic E-state index is 3.72. The van der Waals surface area contributed by atoms with E-state index in [1.807, 2.05) is 60.7 Å². The summed E-state index contributed by atoms with van der Waals surface area (Å²) in [5, 5.41) is 0. The Morgan fingerprint density at radius 1 is 0.517 bits per heavy atom. The van der Waals surface area contributed by atoms with E-state index >= 15 is 0 Å². The van der Waals surface area contributed by atoms with Crippen molar-refractivity contribution in [1.82, 2.24) is 0 Å². The molecule has 6 radical (unpaired) electrons. The van der Waals surface area contributed by atoms with Crippen molar-refractivity contribution in [2.45, 2.75) is 34.6 Å². The van der Waals surface area contributed by atoms with E-state index in [1.54, 1.807) is 12.2 Å². The molecule has 1 fully saturated rings. The number of hydrogen-bond acceptors (Lipinski definition) is 0. The first-order valence-corrected chi connectivity index (χ1v) is 9.43. The molecule has 154 valence electrons. The van der Waals surface area contributed by atoms with Gasteiger partial charge in [-0.1, -0.05) is 72.1 Å². The SMILES string of the molecule is C=CC=C.C[C]1[C](C)[C](C)[C](C)[C]1C.[CH2-]c1ccccc1.[CH2-]c1ccccc1.[Ta]. The maximum absolute atomic E-state index is 3.72. The molecule has 3 rings (SSSR count). The molecule has 2 aromatic carbocycles. The third kappa shape index (κ3) is 12.5. The Morgan fingerprint density at radius 3 is 0.828 bits per heavy atom. The van der Waals surface area contributed by atoms with Gasteiger partial charge in [0.1, 0.15) is 0 Å². The molecule has 0 saturated heterocycles. The second kappa shape index (κ2) is 17.3. The van der Waals surface area contributed by atoms with Crippen molar-refractivity contribution in [3.8, 4) is 0 Å². The van der Waals surface area contributed by atoms with Crippen LogP contribution in [0.2, 0.25) is 0 Å². The largest absolute Gasteiger partial charge is 0.199 e. The van der Waals surface area contributed by atoms with Crippen LogP contribution >= 0.6 is 0 Å². The summed E-state index contributed by atoms with van der Waals surface area (Å²) in [5.41, 5.74) is 2.14. The fourth-order valence-corrected chi connectivity index (χ4v) is 2.36. The summed E-state index contributed by atoms with van der Waals surface area (Å²) in [6.07, 6.45) is 3.28. The van der Waals surface area contributed by atoms with E-state index in [2.05, 4.69) is 61.6 Å². The van der Waals surface area contributed by atoms with Gasteiger partial charge in [-0.05, 0) is 29.6 Å². The van der Waals surface area contributed by atoms with Crippen LogP contribution in [0.15, 0.2) is 86.0 Å². The van der Waals surface area contributed by atoms with Gasteiger partial charge in [-0.2, -0.15) is 49.2 Å². The van der Waals surface area contributed by atoms with Crippen molar-refractivity contribution in [3.05, 3.63) is 141 Å². The minimum Gasteiger partial charge on any atom is -0.199 e. The molecular formula is C28H35Ta-2. The van der Waals surface area contributed by atoms with Gasteiger partial charge in [0.25, 0.3) is 0 Å². The standard InChI is InChI=1S/C10H15.2C7H7.C4H6.Ta/c1-6-7(2)9(4)10(5)8(6)3;2*1-7-5-3-2-4-6-7;1-3-4-2;/h1-5H3;2*2-6H,1H2;3-4H,1-2H2;/q;2*-1;;. The minimum atomic E-state index is 0. The number of benzene rings is 2. The summed E-state index contributed by atoms with van der Waals surface area (Å²) in [6, 6.07) is 19.7. The Morgan fingerprint density at radius 2 is 0.724 bits per heavy atom. The van der Waals surface area contributed by atoms with E-state index in [0.717, 1.165) is 11.1 Å². The molecule has 2 aromatic rings. The fraction of sp³-hybridized carbons (Fsp3) is 0.179. The predicted octanol–water partition coefficient (Wildman–Crippen LogP) is 8.07. The van der Waals surface area contributed by atoms with Crippen LogP contribution in [0.4, 0.5) is 0 Å². The zero-order valence-corrected chi connectivity index (χ0v) is 21.9. The van der Waals surface area contributed by atoms with Crippen molar-refractivity contribution in [2.75, 3.05) is 0 Å². The third-order valence-corrected chi connectivity index (χ3v) is 4.66. The average molecular weight is 553 g/mol. The normalized spacial score (nSPS) is 14.7. The smallest absolute Gasteiger partial charge is 0 e. The van der Waals surface area contributed by atoms with Crippen LogP contribution in [-0.2, 0) is 22.4 Å². The Hall–Kier alpha value is -1.60. The molecule has 29 heavy (non-hydrogen) atoms. The average Bonchev–Trinajstić information content (AvgIpc) is 2.88. The summed E-state index contributed by atoms with van der Waals surface area (Å²) in [6.45, 7) is 25.2. The van der Waals surface area contributed by atoms with Crippen LogP contribution in [0, 0.1) is 43.4 Å². The van der Waals surface area contributed by atoms with E-state index in [1.165, 1.54) is 29.6 Å². The van der Waals surface area contributed by atoms with Gasteiger partial charge >= 0.3 is 0 Å². The predicted molar refractivity (Wildman–Crippen MR) is 127 cm³/mol. The third-order valence-electron chi connectivity index (χ3n) is 4.66. The number of hydrogen-bond donors (Lipinski definition) is 0. The molecule has 0 bridgehead atoms. The molecule has 0 aliphatic heterocycles. The van der Waals surface area contributed by atoms with Crippen molar-refractivity contribution in [3.63, 3.8) is 0 Å². The van der Waals surface area contributed by atoms with Gasteiger partial charge in [0, 0.05) is 22.4 Å². The summed E-state index contributed by atoms with van der Waals surface area (Å²) < 4.78 is 0. The van der Waals surface area contributed by atoms with Crippen molar-refractivity contribution in [1.29, 1.82) is 0 Å². The molecule has 1 aliphatic carbocycles. The van der Waals surface area contributed by atoms with E-state index in [0.29, 0.717) is 0 Å². The molecular weight excluding hydrogens is 517 g/mol. The van der Waals surface area contributed by atoms with Gasteiger partial charge in [0.05, 0.1) is 0 Å². The minimum absolute atomic E-state index is 0. The fourth-order valence-electron chi connectivity index (χ4n) is 2.36. The van der Waals surface area contributed by atoms with E-state index in [4.69, 9.17) is 0 Å². The monoisotopic (exact) mass is 552 g/mol. The van der Waals surface area contributed by atoms with E-state index < -0.39 is 0 Å². The molecule has 0 spiro atoms. The molecule has 1 aliphatic rings. The molecule has 0 atom stereocenters. The van der Waals surface area contributed by atoms with Crippen LogP contribution in [0.1, 0.15) is 45.7 Å². The first kappa shape index (κ1) is 29.6. The molecule has 0 amide bonds.